The van der Waals surface area contributed by atoms with Gasteiger partial charge in [-0.15, -0.1) is 0 Å². The molecule has 0 aromatic heterocycles. The molecule has 0 aromatic carbocycles. The first kappa shape index (κ1) is 12.4. The summed E-state index contributed by atoms with van der Waals surface area (Å²) >= 11 is 0. The molecule has 2 saturated heterocycles. The Morgan fingerprint density at radius 2 is 2.29 bits per heavy atom. The third-order valence-electron chi connectivity index (χ3n) is 3.69. The molecule has 0 unspecified atom stereocenters. The quantitative estimate of drug-likeness (QED) is 0.742. The van der Waals surface area contributed by atoms with Crippen LogP contribution in [0.15, 0.2) is 0 Å². The monoisotopic (exact) mass is 240 g/mol. The number of carboxylic acids is 1. The van der Waals surface area contributed by atoms with Gasteiger partial charge in [0.05, 0.1) is 6.04 Å². The Bertz CT molecular complexity index is 330. The molecule has 0 aromatic rings. The molecule has 2 aliphatic heterocycles. The summed E-state index contributed by atoms with van der Waals surface area (Å²) in [5.41, 5.74) is 0. The van der Waals surface area contributed by atoms with Crippen LogP contribution >= 0.6 is 0 Å². The number of nitrogens with one attached hydrogen (secondary N) is 1. The zero-order chi connectivity index (χ0) is 12.6. The number of carbonyl (C=O) groups excluding carboxylic acids is 1. The summed E-state index contributed by atoms with van der Waals surface area (Å²) in [5, 5.41) is 12.4. The fraction of sp³-hybridized carbons (Fsp3) is 0.833. The fourth-order valence-corrected chi connectivity index (χ4v) is 2.85. The van der Waals surface area contributed by atoms with Gasteiger partial charge in [-0.2, -0.15) is 0 Å². The summed E-state index contributed by atoms with van der Waals surface area (Å²) in [5.74, 6) is -0.332. The number of nitrogens with zero attached hydrogens (tertiary/aromatic N) is 1. The third-order valence-corrected chi connectivity index (χ3v) is 3.69. The molecular weight excluding hydrogens is 220 g/mol. The molecule has 17 heavy (non-hydrogen) atoms. The molecule has 96 valence electrons. The number of aliphatic carboxylic acids is 1. The minimum Gasteiger partial charge on any atom is -0.480 e. The van der Waals surface area contributed by atoms with Crippen molar-refractivity contribution < 1.29 is 14.7 Å². The standard InChI is InChI=1S/C12H20N2O3/c1-7(2)5-9(12(16)17)14-6-8-3-4-13-10(8)11(14)15/h7-10,13H,3-6H2,1-2H3,(H,16,17)/t8-,9-,10-/m0/s1. The predicted molar refractivity (Wildman–Crippen MR) is 62.5 cm³/mol. The molecule has 2 heterocycles. The van der Waals surface area contributed by atoms with E-state index in [2.05, 4.69) is 5.32 Å². The molecule has 0 aliphatic carbocycles. The van der Waals surface area contributed by atoms with Crippen LogP contribution in [-0.2, 0) is 9.59 Å². The maximum atomic E-state index is 12.1. The molecule has 5 heteroatoms. The van der Waals surface area contributed by atoms with Crippen molar-refractivity contribution in [3.05, 3.63) is 0 Å². The second-order valence-corrected chi connectivity index (χ2v) is 5.45. The lowest BCUT2D eigenvalue weighted by molar-refractivity contribution is -0.149. The molecule has 0 spiro atoms. The molecule has 0 saturated carbocycles. The number of fused-ring (bicyclic) bond motifs is 1. The van der Waals surface area contributed by atoms with E-state index in [1.807, 2.05) is 13.8 Å². The smallest absolute Gasteiger partial charge is 0.326 e. The lowest BCUT2D eigenvalue weighted by Crippen LogP contribution is -2.46. The van der Waals surface area contributed by atoms with Gasteiger partial charge in [0.15, 0.2) is 0 Å². The van der Waals surface area contributed by atoms with Gasteiger partial charge in [0.25, 0.3) is 0 Å². The number of carbonyl (C=O) groups is 2. The van der Waals surface area contributed by atoms with Crippen LogP contribution in [0.2, 0.25) is 0 Å². The van der Waals surface area contributed by atoms with E-state index in [-0.39, 0.29) is 17.9 Å². The van der Waals surface area contributed by atoms with Crippen molar-refractivity contribution in [3.8, 4) is 0 Å². The SMILES string of the molecule is CC(C)C[C@@H](C(=O)O)N1C[C@@H]2CCN[C@@H]2C1=O. The average molecular weight is 240 g/mol. The highest BCUT2D eigenvalue weighted by Crippen LogP contribution is 2.29. The Morgan fingerprint density at radius 3 is 2.82 bits per heavy atom. The minimum atomic E-state index is -0.882. The maximum absolute atomic E-state index is 12.1. The summed E-state index contributed by atoms with van der Waals surface area (Å²) < 4.78 is 0. The van der Waals surface area contributed by atoms with Gasteiger partial charge in [-0.3, -0.25) is 4.79 Å². The molecule has 2 aliphatic rings. The lowest BCUT2D eigenvalue weighted by atomic mass is 10.0. The molecule has 1 amide bonds. The van der Waals surface area contributed by atoms with Crippen LogP contribution in [0.3, 0.4) is 0 Å². The van der Waals surface area contributed by atoms with Gasteiger partial charge in [-0.05, 0) is 25.3 Å². The summed E-state index contributed by atoms with van der Waals surface area (Å²) in [7, 11) is 0. The first-order valence-electron chi connectivity index (χ1n) is 6.27. The van der Waals surface area contributed by atoms with Crippen LogP contribution in [-0.4, -0.2) is 47.1 Å². The fourth-order valence-electron chi connectivity index (χ4n) is 2.85. The van der Waals surface area contributed by atoms with Gasteiger partial charge >= 0.3 is 5.97 Å². The van der Waals surface area contributed by atoms with Gasteiger partial charge in [0.1, 0.15) is 6.04 Å². The van der Waals surface area contributed by atoms with Crippen LogP contribution in [0, 0.1) is 11.8 Å². The molecule has 3 atom stereocenters. The van der Waals surface area contributed by atoms with Crippen LogP contribution in [0.1, 0.15) is 26.7 Å². The number of amides is 1. The van der Waals surface area contributed by atoms with E-state index in [1.54, 1.807) is 4.90 Å². The van der Waals surface area contributed by atoms with Crippen molar-refractivity contribution in [2.45, 2.75) is 38.8 Å². The highest BCUT2D eigenvalue weighted by Gasteiger charge is 2.46. The molecular formula is C12H20N2O3. The molecule has 5 nitrogen and oxygen atoms in total. The number of likely N-dealkylation sites (tertiary alicyclic amines) is 1. The van der Waals surface area contributed by atoms with Gasteiger partial charge in [-0.25, -0.2) is 4.79 Å². The molecule has 2 N–H and O–H groups in total. The van der Waals surface area contributed by atoms with E-state index in [0.29, 0.717) is 18.9 Å². The molecule has 0 radical (unpaired) electrons. The largest absolute Gasteiger partial charge is 0.480 e. The zero-order valence-electron chi connectivity index (χ0n) is 10.3. The van der Waals surface area contributed by atoms with Crippen molar-refractivity contribution in [3.63, 3.8) is 0 Å². The zero-order valence-corrected chi connectivity index (χ0v) is 10.3. The summed E-state index contributed by atoms with van der Waals surface area (Å²) in [4.78, 5) is 24.9. The van der Waals surface area contributed by atoms with Crippen LogP contribution in [0.25, 0.3) is 0 Å². The van der Waals surface area contributed by atoms with E-state index >= 15 is 0 Å². The van der Waals surface area contributed by atoms with E-state index in [4.69, 9.17) is 0 Å². The Morgan fingerprint density at radius 1 is 1.59 bits per heavy atom. The Hall–Kier alpha value is -1.10. The van der Waals surface area contributed by atoms with Crippen LogP contribution in [0.4, 0.5) is 0 Å². The first-order chi connectivity index (χ1) is 8.00. The molecule has 0 bridgehead atoms. The Kier molecular flexibility index (Phi) is 3.38. The second kappa shape index (κ2) is 4.64. The highest BCUT2D eigenvalue weighted by molar-refractivity contribution is 5.89. The first-order valence-corrected chi connectivity index (χ1v) is 6.27. The molecule has 2 rings (SSSR count). The Labute approximate surface area is 101 Å². The molecule has 2 fully saturated rings. The normalized spacial score (nSPS) is 29.8. The maximum Gasteiger partial charge on any atom is 0.326 e. The van der Waals surface area contributed by atoms with Gasteiger partial charge in [0.2, 0.25) is 5.91 Å². The lowest BCUT2D eigenvalue weighted by Gasteiger charge is -2.26. The van der Waals surface area contributed by atoms with Gasteiger partial charge in [-0.1, -0.05) is 13.8 Å². The van der Waals surface area contributed by atoms with Gasteiger partial charge < -0.3 is 15.3 Å². The average Bonchev–Trinajstić information content (AvgIpc) is 2.78. The van der Waals surface area contributed by atoms with Crippen molar-refractivity contribution in [2.24, 2.45) is 11.8 Å². The Balaban J connectivity index is 2.10. The van der Waals surface area contributed by atoms with Crippen molar-refractivity contribution >= 4 is 11.9 Å². The van der Waals surface area contributed by atoms with Crippen molar-refractivity contribution in [2.75, 3.05) is 13.1 Å². The topological polar surface area (TPSA) is 69.6 Å². The third kappa shape index (κ3) is 2.29. The summed E-state index contributed by atoms with van der Waals surface area (Å²) in [6.07, 6.45) is 1.50. The van der Waals surface area contributed by atoms with Gasteiger partial charge in [0, 0.05) is 12.5 Å². The predicted octanol–water partition coefficient (Wildman–Crippen LogP) is 0.306. The van der Waals surface area contributed by atoms with Crippen LogP contribution < -0.4 is 5.32 Å². The van der Waals surface area contributed by atoms with E-state index in [0.717, 1.165) is 13.0 Å². The van der Waals surface area contributed by atoms with E-state index < -0.39 is 12.0 Å². The van der Waals surface area contributed by atoms with Crippen molar-refractivity contribution in [1.29, 1.82) is 0 Å². The number of carboxylic acid groups (broad SMARTS) is 1. The van der Waals surface area contributed by atoms with E-state index in [1.165, 1.54) is 0 Å². The summed E-state index contributed by atoms with van der Waals surface area (Å²) in [6.45, 7) is 5.43. The number of hydrogen-bond acceptors (Lipinski definition) is 3. The number of hydrogen-bond donors (Lipinski definition) is 2. The minimum absolute atomic E-state index is 0.0273. The highest BCUT2D eigenvalue weighted by atomic mass is 16.4. The number of rotatable bonds is 4. The van der Waals surface area contributed by atoms with E-state index in [9.17, 15) is 14.7 Å². The second-order valence-electron chi connectivity index (χ2n) is 5.45. The van der Waals surface area contributed by atoms with Crippen LogP contribution in [0.5, 0.6) is 0 Å². The van der Waals surface area contributed by atoms with Crippen molar-refractivity contribution in [1.82, 2.24) is 10.2 Å². The summed E-state index contributed by atoms with van der Waals surface area (Å²) in [6, 6.07) is -0.793.